The maximum absolute atomic E-state index is 6.30. The van der Waals surface area contributed by atoms with Crippen LogP contribution in [0.2, 0.25) is 0 Å². The first-order valence-electron chi connectivity index (χ1n) is 5.10. The molecule has 70 valence electrons. The fourth-order valence-corrected chi connectivity index (χ4v) is 2.65. The summed E-state index contributed by atoms with van der Waals surface area (Å²) in [7, 11) is 2.21. The molecule has 0 amide bonds. The van der Waals surface area contributed by atoms with Crippen LogP contribution in [0.15, 0.2) is 0 Å². The molecule has 0 aromatic carbocycles. The summed E-state index contributed by atoms with van der Waals surface area (Å²) >= 11 is 0. The molecule has 0 spiro atoms. The largest absolute Gasteiger partial charge is 0.325 e. The molecule has 1 aliphatic carbocycles. The van der Waals surface area contributed by atoms with Crippen LogP contribution in [0.25, 0.3) is 0 Å². The quantitative estimate of drug-likeness (QED) is 0.634. The lowest BCUT2D eigenvalue weighted by Crippen LogP contribution is -2.44. The van der Waals surface area contributed by atoms with E-state index >= 15 is 0 Å². The van der Waals surface area contributed by atoms with Crippen molar-refractivity contribution >= 4 is 0 Å². The first-order chi connectivity index (χ1) is 5.63. The van der Waals surface area contributed by atoms with Crippen molar-refractivity contribution in [3.63, 3.8) is 0 Å². The van der Waals surface area contributed by atoms with Gasteiger partial charge in [0.25, 0.3) is 0 Å². The Morgan fingerprint density at radius 3 is 2.67 bits per heavy atom. The van der Waals surface area contributed by atoms with Crippen LogP contribution in [0.3, 0.4) is 0 Å². The van der Waals surface area contributed by atoms with Gasteiger partial charge < -0.3 is 10.6 Å². The summed E-state index contributed by atoms with van der Waals surface area (Å²) in [6, 6.07) is 0. The third-order valence-corrected chi connectivity index (χ3v) is 3.80. The summed E-state index contributed by atoms with van der Waals surface area (Å²) in [5.74, 6) is 1.54. The first-order valence-corrected chi connectivity index (χ1v) is 5.10. The van der Waals surface area contributed by atoms with E-state index in [0.29, 0.717) is 0 Å². The van der Waals surface area contributed by atoms with Gasteiger partial charge in [-0.1, -0.05) is 6.92 Å². The normalized spacial score (nSPS) is 49.2. The Balaban J connectivity index is 1.95. The highest BCUT2D eigenvalue weighted by molar-refractivity contribution is 5.10. The molecule has 2 nitrogen and oxygen atoms in total. The van der Waals surface area contributed by atoms with Crippen molar-refractivity contribution in [2.75, 3.05) is 20.1 Å². The van der Waals surface area contributed by atoms with Gasteiger partial charge in [-0.25, -0.2) is 0 Å². The maximum atomic E-state index is 6.30. The summed E-state index contributed by atoms with van der Waals surface area (Å²) in [5.41, 5.74) is 6.52. The zero-order valence-electron chi connectivity index (χ0n) is 8.21. The number of likely N-dealkylation sites (tertiary alicyclic amines) is 1. The second-order valence-electron chi connectivity index (χ2n) is 4.82. The topological polar surface area (TPSA) is 29.3 Å². The highest BCUT2D eigenvalue weighted by atomic mass is 15.1. The minimum Gasteiger partial charge on any atom is -0.325 e. The van der Waals surface area contributed by atoms with E-state index in [1.54, 1.807) is 0 Å². The molecule has 0 bridgehead atoms. The van der Waals surface area contributed by atoms with Gasteiger partial charge in [0.2, 0.25) is 0 Å². The predicted molar refractivity (Wildman–Crippen MR) is 50.9 cm³/mol. The van der Waals surface area contributed by atoms with Crippen LogP contribution >= 0.6 is 0 Å². The lowest BCUT2D eigenvalue weighted by molar-refractivity contribution is 0.175. The van der Waals surface area contributed by atoms with Crippen LogP contribution in [0.4, 0.5) is 0 Å². The van der Waals surface area contributed by atoms with Crippen molar-refractivity contribution in [3.8, 4) is 0 Å². The van der Waals surface area contributed by atoms with Crippen molar-refractivity contribution < 1.29 is 0 Å². The molecular formula is C10H20N2. The van der Waals surface area contributed by atoms with E-state index in [0.717, 1.165) is 11.8 Å². The Labute approximate surface area is 75.1 Å². The van der Waals surface area contributed by atoms with Crippen molar-refractivity contribution in [2.45, 2.75) is 31.7 Å². The molecule has 0 aromatic heterocycles. The standard InChI is InChI=1S/C10H20N2/c1-8-6-10(8,11)9-4-3-5-12(2)7-9/h8-9H,3-7,11H2,1-2H3. The molecule has 2 N–H and O–H groups in total. The van der Waals surface area contributed by atoms with Gasteiger partial charge in [-0.15, -0.1) is 0 Å². The maximum Gasteiger partial charge on any atom is 0.0225 e. The monoisotopic (exact) mass is 168 g/mol. The van der Waals surface area contributed by atoms with Gasteiger partial charge >= 0.3 is 0 Å². The van der Waals surface area contributed by atoms with Gasteiger partial charge in [-0.2, -0.15) is 0 Å². The van der Waals surface area contributed by atoms with E-state index in [2.05, 4.69) is 18.9 Å². The second-order valence-corrected chi connectivity index (χ2v) is 4.82. The SMILES string of the molecule is CC1CC1(N)C1CCCN(C)C1. The molecule has 1 saturated heterocycles. The average molecular weight is 168 g/mol. The zero-order valence-corrected chi connectivity index (χ0v) is 8.21. The number of hydrogen-bond acceptors (Lipinski definition) is 2. The molecule has 0 radical (unpaired) electrons. The number of nitrogens with two attached hydrogens (primary N) is 1. The van der Waals surface area contributed by atoms with E-state index in [1.165, 1.54) is 32.4 Å². The van der Waals surface area contributed by atoms with Gasteiger partial charge in [-0.3, -0.25) is 0 Å². The fraction of sp³-hybridized carbons (Fsp3) is 1.00. The molecule has 1 heterocycles. The molecule has 0 aromatic rings. The van der Waals surface area contributed by atoms with Gasteiger partial charge in [0.05, 0.1) is 0 Å². The molecule has 3 atom stereocenters. The highest BCUT2D eigenvalue weighted by Gasteiger charge is 2.53. The fourth-order valence-electron chi connectivity index (χ4n) is 2.65. The van der Waals surface area contributed by atoms with Gasteiger partial charge in [0.15, 0.2) is 0 Å². The van der Waals surface area contributed by atoms with Gasteiger partial charge in [-0.05, 0) is 44.7 Å². The highest BCUT2D eigenvalue weighted by Crippen LogP contribution is 2.48. The van der Waals surface area contributed by atoms with Crippen LogP contribution in [-0.4, -0.2) is 30.6 Å². The molecule has 2 heteroatoms. The Morgan fingerprint density at radius 1 is 1.50 bits per heavy atom. The Bertz CT molecular complexity index is 181. The van der Waals surface area contributed by atoms with Crippen LogP contribution in [0.1, 0.15) is 26.2 Å². The van der Waals surface area contributed by atoms with Crippen molar-refractivity contribution in [2.24, 2.45) is 17.6 Å². The summed E-state index contributed by atoms with van der Waals surface area (Å²) < 4.78 is 0. The number of piperidine rings is 1. The number of nitrogens with zero attached hydrogens (tertiary/aromatic N) is 1. The Morgan fingerprint density at radius 2 is 2.17 bits per heavy atom. The first kappa shape index (κ1) is 8.52. The number of rotatable bonds is 1. The van der Waals surface area contributed by atoms with Crippen molar-refractivity contribution in [3.05, 3.63) is 0 Å². The lowest BCUT2D eigenvalue weighted by Gasteiger charge is -2.34. The lowest BCUT2D eigenvalue weighted by atomic mass is 9.88. The minimum atomic E-state index is 0.217. The third kappa shape index (κ3) is 1.27. The molecule has 2 aliphatic rings. The van der Waals surface area contributed by atoms with Crippen LogP contribution < -0.4 is 5.73 Å². The summed E-state index contributed by atoms with van der Waals surface area (Å²) in [6.45, 7) is 4.77. The van der Waals surface area contributed by atoms with Crippen LogP contribution in [0, 0.1) is 11.8 Å². The number of hydrogen-bond donors (Lipinski definition) is 1. The van der Waals surface area contributed by atoms with Gasteiger partial charge in [0.1, 0.15) is 0 Å². The van der Waals surface area contributed by atoms with Crippen molar-refractivity contribution in [1.82, 2.24) is 4.90 Å². The average Bonchev–Trinajstić information content (AvgIpc) is 2.61. The predicted octanol–water partition coefficient (Wildman–Crippen LogP) is 1.07. The Hall–Kier alpha value is -0.0800. The van der Waals surface area contributed by atoms with Crippen molar-refractivity contribution in [1.29, 1.82) is 0 Å². The molecule has 1 aliphatic heterocycles. The Kier molecular flexibility index (Phi) is 1.92. The summed E-state index contributed by atoms with van der Waals surface area (Å²) in [6.07, 6.45) is 3.95. The summed E-state index contributed by atoms with van der Waals surface area (Å²) in [5, 5.41) is 0. The molecular weight excluding hydrogens is 148 g/mol. The van der Waals surface area contributed by atoms with E-state index in [1.807, 2.05) is 0 Å². The minimum absolute atomic E-state index is 0.217. The van der Waals surface area contributed by atoms with E-state index in [9.17, 15) is 0 Å². The molecule has 2 fully saturated rings. The van der Waals surface area contributed by atoms with E-state index < -0.39 is 0 Å². The van der Waals surface area contributed by atoms with Gasteiger partial charge in [0, 0.05) is 12.1 Å². The van der Waals surface area contributed by atoms with E-state index in [-0.39, 0.29) is 5.54 Å². The molecule has 2 rings (SSSR count). The van der Waals surface area contributed by atoms with Crippen LogP contribution in [-0.2, 0) is 0 Å². The molecule has 3 unspecified atom stereocenters. The molecule has 1 saturated carbocycles. The smallest absolute Gasteiger partial charge is 0.0225 e. The third-order valence-electron chi connectivity index (χ3n) is 3.80. The molecule has 12 heavy (non-hydrogen) atoms. The van der Waals surface area contributed by atoms with Crippen LogP contribution in [0.5, 0.6) is 0 Å². The van der Waals surface area contributed by atoms with E-state index in [4.69, 9.17) is 5.73 Å². The second kappa shape index (κ2) is 2.71. The zero-order chi connectivity index (χ0) is 8.77. The summed E-state index contributed by atoms with van der Waals surface area (Å²) in [4.78, 5) is 2.42.